The molecular weight excluding hydrogens is 292 g/mol. The average Bonchev–Trinajstić information content (AvgIpc) is 2.53. The predicted molar refractivity (Wildman–Crippen MR) is 80.0 cm³/mol. The van der Waals surface area contributed by atoms with Gasteiger partial charge < -0.3 is 10.1 Å². The van der Waals surface area contributed by atoms with Gasteiger partial charge in [0.15, 0.2) is 0 Å². The minimum Gasteiger partial charge on any atom is -0.383 e. The molecule has 1 aromatic heterocycles. The fourth-order valence-corrected chi connectivity index (χ4v) is 3.84. The third-order valence-corrected chi connectivity index (χ3v) is 5.56. The van der Waals surface area contributed by atoms with Gasteiger partial charge in [-0.1, -0.05) is 6.07 Å². The van der Waals surface area contributed by atoms with E-state index in [1.54, 1.807) is 26.6 Å². The highest BCUT2D eigenvalue weighted by atomic mass is 32.2. The molecule has 1 N–H and O–H groups in total. The van der Waals surface area contributed by atoms with Crippen LogP contribution in [0, 0.1) is 0 Å². The van der Waals surface area contributed by atoms with Crippen molar-refractivity contribution >= 4 is 10.2 Å². The highest BCUT2D eigenvalue weighted by Crippen LogP contribution is 2.25. The second kappa shape index (κ2) is 7.28. The van der Waals surface area contributed by atoms with E-state index in [2.05, 4.69) is 10.3 Å². The Morgan fingerprint density at radius 1 is 1.57 bits per heavy atom. The van der Waals surface area contributed by atoms with Crippen molar-refractivity contribution in [1.29, 1.82) is 0 Å². The van der Waals surface area contributed by atoms with Crippen LogP contribution in [0.25, 0.3) is 0 Å². The van der Waals surface area contributed by atoms with Crippen molar-refractivity contribution < 1.29 is 13.2 Å². The van der Waals surface area contributed by atoms with E-state index in [1.165, 1.54) is 8.61 Å². The SMILES string of the molecule is COCCN(C)S(=O)(=O)N1CCNCC1c1cccnc1. The largest absolute Gasteiger partial charge is 0.383 e. The molecule has 1 saturated heterocycles. The van der Waals surface area contributed by atoms with Crippen molar-refractivity contribution in [3.63, 3.8) is 0 Å². The standard InChI is InChI=1S/C13H22N4O3S/c1-16(8-9-20-2)21(18,19)17-7-6-15-11-13(17)12-4-3-5-14-10-12/h3-5,10,13,15H,6-9,11H2,1-2H3. The molecular formula is C13H22N4O3S. The first-order valence-electron chi connectivity index (χ1n) is 6.90. The zero-order chi connectivity index (χ0) is 15.3. The molecule has 0 radical (unpaired) electrons. The summed E-state index contributed by atoms with van der Waals surface area (Å²) in [6.07, 6.45) is 3.40. The molecule has 0 spiro atoms. The van der Waals surface area contributed by atoms with Gasteiger partial charge in [-0.05, 0) is 11.6 Å². The number of aromatic nitrogens is 1. The molecule has 0 aliphatic carbocycles. The summed E-state index contributed by atoms with van der Waals surface area (Å²) in [5.74, 6) is 0. The molecule has 7 nitrogen and oxygen atoms in total. The summed E-state index contributed by atoms with van der Waals surface area (Å²) in [4.78, 5) is 4.09. The molecule has 0 bridgehead atoms. The van der Waals surface area contributed by atoms with Crippen molar-refractivity contribution in [2.75, 3.05) is 46.9 Å². The van der Waals surface area contributed by atoms with Gasteiger partial charge in [-0.2, -0.15) is 17.0 Å². The van der Waals surface area contributed by atoms with Crippen LogP contribution in [-0.2, 0) is 14.9 Å². The molecule has 2 heterocycles. The lowest BCUT2D eigenvalue weighted by atomic mass is 10.1. The molecule has 1 fully saturated rings. The van der Waals surface area contributed by atoms with Gasteiger partial charge >= 0.3 is 0 Å². The minimum atomic E-state index is -3.51. The Labute approximate surface area is 126 Å². The number of hydrogen-bond donors (Lipinski definition) is 1. The lowest BCUT2D eigenvalue weighted by molar-refractivity contribution is 0.178. The number of piperazine rings is 1. The summed E-state index contributed by atoms with van der Waals surface area (Å²) in [6, 6.07) is 3.49. The smallest absolute Gasteiger partial charge is 0.282 e. The lowest BCUT2D eigenvalue weighted by Gasteiger charge is -2.37. The van der Waals surface area contributed by atoms with Gasteiger partial charge in [-0.3, -0.25) is 4.98 Å². The predicted octanol–water partition coefficient (Wildman–Crippen LogP) is -0.149. The number of likely N-dealkylation sites (N-methyl/N-ethyl adjacent to an activating group) is 1. The second-order valence-corrected chi connectivity index (χ2v) is 6.93. The van der Waals surface area contributed by atoms with Crippen LogP contribution in [0.3, 0.4) is 0 Å². The zero-order valence-corrected chi connectivity index (χ0v) is 13.2. The second-order valence-electron chi connectivity index (χ2n) is 4.94. The maximum absolute atomic E-state index is 12.7. The minimum absolute atomic E-state index is 0.234. The van der Waals surface area contributed by atoms with Crippen molar-refractivity contribution in [3.05, 3.63) is 30.1 Å². The number of nitrogens with zero attached hydrogens (tertiary/aromatic N) is 3. The summed E-state index contributed by atoms with van der Waals surface area (Å²) in [5.41, 5.74) is 0.897. The number of nitrogens with one attached hydrogen (secondary N) is 1. The fourth-order valence-electron chi connectivity index (χ4n) is 2.33. The highest BCUT2D eigenvalue weighted by molar-refractivity contribution is 7.86. The van der Waals surface area contributed by atoms with Crippen LogP contribution < -0.4 is 5.32 Å². The molecule has 2 rings (SSSR count). The topological polar surface area (TPSA) is 74.8 Å². The Kier molecular flexibility index (Phi) is 5.65. The number of rotatable bonds is 6. The van der Waals surface area contributed by atoms with E-state index in [1.807, 2.05) is 12.1 Å². The Hall–Kier alpha value is -1.06. The number of hydrogen-bond acceptors (Lipinski definition) is 5. The average molecular weight is 314 g/mol. The van der Waals surface area contributed by atoms with E-state index in [-0.39, 0.29) is 6.04 Å². The first-order valence-corrected chi connectivity index (χ1v) is 8.29. The van der Waals surface area contributed by atoms with Crippen LogP contribution in [0.1, 0.15) is 11.6 Å². The Balaban J connectivity index is 2.22. The van der Waals surface area contributed by atoms with E-state index in [9.17, 15) is 8.42 Å². The Bertz CT molecular complexity index is 538. The molecule has 8 heteroatoms. The quantitative estimate of drug-likeness (QED) is 0.790. The molecule has 1 aromatic rings. The maximum atomic E-state index is 12.7. The van der Waals surface area contributed by atoms with Gasteiger partial charge in [-0.25, -0.2) is 0 Å². The molecule has 118 valence electrons. The van der Waals surface area contributed by atoms with Gasteiger partial charge in [0.05, 0.1) is 12.6 Å². The van der Waals surface area contributed by atoms with Crippen molar-refractivity contribution in [1.82, 2.24) is 18.9 Å². The molecule has 0 aromatic carbocycles. The number of methoxy groups -OCH3 is 1. The molecule has 21 heavy (non-hydrogen) atoms. The van der Waals surface area contributed by atoms with Crippen LogP contribution in [0.15, 0.2) is 24.5 Å². The normalized spacial score (nSPS) is 20.8. The van der Waals surface area contributed by atoms with Crippen molar-refractivity contribution in [2.45, 2.75) is 6.04 Å². The monoisotopic (exact) mass is 314 g/mol. The van der Waals surface area contributed by atoms with E-state index in [0.29, 0.717) is 32.8 Å². The molecule has 1 aliphatic rings. The van der Waals surface area contributed by atoms with E-state index in [4.69, 9.17) is 4.74 Å². The summed E-state index contributed by atoms with van der Waals surface area (Å²) in [5, 5.41) is 3.24. The molecule has 1 unspecified atom stereocenters. The van der Waals surface area contributed by atoms with Crippen LogP contribution >= 0.6 is 0 Å². The Morgan fingerprint density at radius 2 is 2.38 bits per heavy atom. The van der Waals surface area contributed by atoms with Crippen LogP contribution in [0.2, 0.25) is 0 Å². The van der Waals surface area contributed by atoms with Crippen molar-refractivity contribution in [2.24, 2.45) is 0 Å². The molecule has 0 amide bonds. The first-order chi connectivity index (χ1) is 10.1. The fraction of sp³-hybridized carbons (Fsp3) is 0.615. The lowest BCUT2D eigenvalue weighted by Crippen LogP contribution is -2.53. The number of pyridine rings is 1. The molecule has 1 aliphatic heterocycles. The van der Waals surface area contributed by atoms with Gasteiger partial charge in [0.1, 0.15) is 0 Å². The van der Waals surface area contributed by atoms with Crippen LogP contribution in [0.5, 0.6) is 0 Å². The molecule has 0 saturated carbocycles. The van der Waals surface area contributed by atoms with Crippen LogP contribution in [-0.4, -0.2) is 69.0 Å². The number of ether oxygens (including phenoxy) is 1. The summed E-state index contributed by atoms with van der Waals surface area (Å²) in [7, 11) is -0.373. The third-order valence-electron chi connectivity index (χ3n) is 3.56. The summed E-state index contributed by atoms with van der Waals surface area (Å²) in [6.45, 7) is 2.39. The van der Waals surface area contributed by atoms with E-state index in [0.717, 1.165) is 5.56 Å². The maximum Gasteiger partial charge on any atom is 0.282 e. The van der Waals surface area contributed by atoms with Gasteiger partial charge in [-0.15, -0.1) is 0 Å². The summed E-state index contributed by atoms with van der Waals surface area (Å²) < 4.78 is 33.3. The summed E-state index contributed by atoms with van der Waals surface area (Å²) >= 11 is 0. The zero-order valence-electron chi connectivity index (χ0n) is 12.4. The van der Waals surface area contributed by atoms with Gasteiger partial charge in [0.25, 0.3) is 10.2 Å². The highest BCUT2D eigenvalue weighted by Gasteiger charge is 2.35. The molecule has 1 atom stereocenters. The van der Waals surface area contributed by atoms with Crippen LogP contribution in [0.4, 0.5) is 0 Å². The van der Waals surface area contributed by atoms with Gasteiger partial charge in [0.2, 0.25) is 0 Å². The third kappa shape index (κ3) is 3.78. The van der Waals surface area contributed by atoms with Crippen molar-refractivity contribution in [3.8, 4) is 0 Å². The van der Waals surface area contributed by atoms with E-state index < -0.39 is 10.2 Å². The Morgan fingerprint density at radius 3 is 3.05 bits per heavy atom. The van der Waals surface area contributed by atoms with E-state index >= 15 is 0 Å². The van der Waals surface area contributed by atoms with Gasteiger partial charge in [0, 0.05) is 52.7 Å². The first kappa shape index (κ1) is 16.3.